The Morgan fingerprint density at radius 2 is 1.88 bits per heavy atom. The lowest BCUT2D eigenvalue weighted by Crippen LogP contribution is -2.30. The number of halogens is 3. The molecule has 32 heavy (non-hydrogen) atoms. The van der Waals surface area contributed by atoms with Gasteiger partial charge in [0.05, 0.1) is 18.0 Å². The second-order valence-corrected chi connectivity index (χ2v) is 11.0. The number of nitrogens with zero attached hydrogens (tertiary/aromatic N) is 2. The molecule has 0 spiro atoms. The number of carbonyl (C=O) groups is 1. The van der Waals surface area contributed by atoms with Crippen molar-refractivity contribution in [1.82, 2.24) is 14.5 Å². The van der Waals surface area contributed by atoms with Gasteiger partial charge in [-0.05, 0) is 49.2 Å². The van der Waals surface area contributed by atoms with Gasteiger partial charge in [0.25, 0.3) is 5.91 Å². The number of rotatable bonds is 7. The first-order valence-corrected chi connectivity index (χ1v) is 13.1. The first kappa shape index (κ1) is 24.7. The SMILES string of the molecule is Cc1nn(Cc2ccccc2Cl)c(C)c1/C=C/C(=O)NS(=O)(=O)Cc1ccc(Br)cc1Br. The van der Waals surface area contributed by atoms with Crippen LogP contribution in [0.5, 0.6) is 0 Å². The highest BCUT2D eigenvalue weighted by Crippen LogP contribution is 2.23. The largest absolute Gasteiger partial charge is 0.269 e. The average molecular weight is 602 g/mol. The number of hydrogen-bond acceptors (Lipinski definition) is 4. The number of benzene rings is 2. The van der Waals surface area contributed by atoms with Crippen LogP contribution in [0, 0.1) is 13.8 Å². The zero-order valence-corrected chi connectivity index (χ0v) is 22.0. The smallest absolute Gasteiger partial charge is 0.257 e. The zero-order valence-electron chi connectivity index (χ0n) is 17.3. The van der Waals surface area contributed by atoms with Crippen molar-refractivity contribution >= 4 is 65.5 Å². The van der Waals surface area contributed by atoms with Gasteiger partial charge in [-0.2, -0.15) is 5.10 Å². The van der Waals surface area contributed by atoms with Crippen molar-refractivity contribution in [2.75, 3.05) is 0 Å². The highest BCUT2D eigenvalue weighted by atomic mass is 79.9. The van der Waals surface area contributed by atoms with Crippen LogP contribution in [-0.4, -0.2) is 24.1 Å². The van der Waals surface area contributed by atoms with E-state index in [-0.39, 0.29) is 5.75 Å². The van der Waals surface area contributed by atoms with Crippen LogP contribution in [0.3, 0.4) is 0 Å². The number of aromatic nitrogens is 2. The van der Waals surface area contributed by atoms with E-state index in [1.165, 1.54) is 6.08 Å². The van der Waals surface area contributed by atoms with Gasteiger partial charge in [-0.1, -0.05) is 67.7 Å². The Labute approximate surface area is 209 Å². The summed E-state index contributed by atoms with van der Waals surface area (Å²) in [4.78, 5) is 12.3. The topological polar surface area (TPSA) is 81.1 Å². The normalized spacial score (nSPS) is 11.8. The summed E-state index contributed by atoms with van der Waals surface area (Å²) in [6.45, 7) is 4.20. The molecule has 1 aromatic heterocycles. The predicted octanol–water partition coefficient (Wildman–Crippen LogP) is 5.39. The van der Waals surface area contributed by atoms with Crippen LogP contribution in [-0.2, 0) is 27.1 Å². The molecule has 1 N–H and O–H groups in total. The van der Waals surface area contributed by atoms with E-state index >= 15 is 0 Å². The molecule has 0 atom stereocenters. The first-order chi connectivity index (χ1) is 15.1. The fourth-order valence-electron chi connectivity index (χ4n) is 3.12. The monoisotopic (exact) mass is 599 g/mol. The minimum Gasteiger partial charge on any atom is -0.269 e. The lowest BCUT2D eigenvalue weighted by molar-refractivity contribution is -0.114. The minimum atomic E-state index is -3.87. The Balaban J connectivity index is 1.71. The van der Waals surface area contributed by atoms with Gasteiger partial charge in [0.1, 0.15) is 0 Å². The molecular weight excluding hydrogens is 582 g/mol. The van der Waals surface area contributed by atoms with Gasteiger partial charge in [0, 0.05) is 31.3 Å². The molecule has 6 nitrogen and oxygen atoms in total. The van der Waals surface area contributed by atoms with Crippen LogP contribution < -0.4 is 4.72 Å². The van der Waals surface area contributed by atoms with E-state index in [1.54, 1.807) is 29.0 Å². The fourth-order valence-corrected chi connectivity index (χ4v) is 5.80. The van der Waals surface area contributed by atoms with Gasteiger partial charge >= 0.3 is 0 Å². The van der Waals surface area contributed by atoms with Crippen LogP contribution in [0.1, 0.15) is 28.1 Å². The summed E-state index contributed by atoms with van der Waals surface area (Å²) < 4.78 is 30.1. The van der Waals surface area contributed by atoms with Crippen molar-refractivity contribution in [3.05, 3.63) is 90.6 Å². The highest BCUT2D eigenvalue weighted by Gasteiger charge is 2.17. The van der Waals surface area contributed by atoms with Crippen LogP contribution in [0.2, 0.25) is 5.02 Å². The Hall–Kier alpha value is -1.94. The van der Waals surface area contributed by atoms with Crippen molar-refractivity contribution in [2.45, 2.75) is 26.1 Å². The van der Waals surface area contributed by atoms with Gasteiger partial charge in [0.15, 0.2) is 0 Å². The van der Waals surface area contributed by atoms with Crippen LogP contribution >= 0.6 is 43.5 Å². The molecule has 3 rings (SSSR count). The molecule has 168 valence electrons. The third kappa shape index (κ3) is 6.31. The quantitative estimate of drug-likeness (QED) is 0.369. The lowest BCUT2D eigenvalue weighted by Gasteiger charge is -2.07. The summed E-state index contributed by atoms with van der Waals surface area (Å²) in [7, 11) is -3.87. The molecule has 0 aliphatic rings. The van der Waals surface area contributed by atoms with E-state index in [9.17, 15) is 13.2 Å². The van der Waals surface area contributed by atoms with E-state index in [2.05, 4.69) is 41.7 Å². The third-order valence-electron chi connectivity index (χ3n) is 4.73. The highest BCUT2D eigenvalue weighted by molar-refractivity contribution is 9.11. The predicted molar refractivity (Wildman–Crippen MR) is 134 cm³/mol. The molecule has 0 bridgehead atoms. The third-order valence-corrected chi connectivity index (χ3v) is 7.54. The van der Waals surface area contributed by atoms with Crippen molar-refractivity contribution in [3.8, 4) is 0 Å². The van der Waals surface area contributed by atoms with E-state index < -0.39 is 15.9 Å². The summed E-state index contributed by atoms with van der Waals surface area (Å²) in [6, 6.07) is 12.7. The molecule has 3 aromatic rings. The van der Waals surface area contributed by atoms with E-state index in [1.807, 2.05) is 38.1 Å². The van der Waals surface area contributed by atoms with Crippen molar-refractivity contribution in [3.63, 3.8) is 0 Å². The maximum atomic E-state index is 12.4. The standard InChI is InChI=1S/C22H20Br2ClN3O3S/c1-14-19(15(2)28(26-14)12-16-5-3-4-6-21(16)25)9-10-22(29)27-32(30,31)13-17-7-8-18(23)11-20(17)24/h3-11H,12-13H2,1-2H3,(H,27,29)/b10-9+. The molecule has 0 unspecified atom stereocenters. The molecule has 0 radical (unpaired) electrons. The summed E-state index contributed by atoms with van der Waals surface area (Å²) in [6.07, 6.45) is 2.77. The summed E-state index contributed by atoms with van der Waals surface area (Å²) in [5, 5.41) is 5.17. The molecule has 0 saturated carbocycles. The molecule has 10 heteroatoms. The molecule has 1 heterocycles. The van der Waals surface area contributed by atoms with Gasteiger partial charge in [-0.3, -0.25) is 9.48 Å². The van der Waals surface area contributed by atoms with Crippen molar-refractivity contribution in [2.24, 2.45) is 0 Å². The number of nitrogens with one attached hydrogen (secondary N) is 1. The summed E-state index contributed by atoms with van der Waals surface area (Å²) >= 11 is 12.9. The molecule has 0 aliphatic heterocycles. The number of carbonyl (C=O) groups excluding carboxylic acids is 1. The van der Waals surface area contributed by atoms with E-state index in [4.69, 9.17) is 11.6 Å². The molecular formula is C22H20Br2ClN3O3S. The maximum Gasteiger partial charge on any atom is 0.257 e. The lowest BCUT2D eigenvalue weighted by atomic mass is 10.1. The van der Waals surface area contributed by atoms with Gasteiger partial charge in [0.2, 0.25) is 10.0 Å². The molecule has 0 saturated heterocycles. The van der Waals surface area contributed by atoms with Gasteiger partial charge < -0.3 is 0 Å². The summed E-state index contributed by atoms with van der Waals surface area (Å²) in [5.41, 5.74) is 3.79. The Morgan fingerprint density at radius 1 is 1.16 bits per heavy atom. The molecule has 0 fully saturated rings. The average Bonchev–Trinajstić information content (AvgIpc) is 2.96. The Kier molecular flexibility index (Phi) is 7.97. The van der Waals surface area contributed by atoms with Gasteiger partial charge in [-0.15, -0.1) is 0 Å². The molecule has 2 aromatic carbocycles. The maximum absolute atomic E-state index is 12.4. The van der Waals surface area contributed by atoms with Crippen LogP contribution in [0.15, 0.2) is 57.5 Å². The molecule has 1 amide bonds. The van der Waals surface area contributed by atoms with Gasteiger partial charge in [-0.25, -0.2) is 13.1 Å². The van der Waals surface area contributed by atoms with E-state index in [0.29, 0.717) is 21.6 Å². The number of amides is 1. The number of sulfonamides is 1. The Morgan fingerprint density at radius 3 is 2.56 bits per heavy atom. The van der Waals surface area contributed by atoms with Crippen LogP contribution in [0.25, 0.3) is 6.08 Å². The van der Waals surface area contributed by atoms with Crippen molar-refractivity contribution in [1.29, 1.82) is 0 Å². The summed E-state index contributed by atoms with van der Waals surface area (Å²) in [5.74, 6) is -1.05. The fraction of sp³-hybridized carbons (Fsp3) is 0.182. The second kappa shape index (κ2) is 10.3. The first-order valence-electron chi connectivity index (χ1n) is 9.49. The van der Waals surface area contributed by atoms with E-state index in [0.717, 1.165) is 27.0 Å². The van der Waals surface area contributed by atoms with Crippen LogP contribution in [0.4, 0.5) is 0 Å². The molecule has 0 aliphatic carbocycles. The minimum absolute atomic E-state index is 0.325. The zero-order chi connectivity index (χ0) is 23.5. The number of aryl methyl sites for hydroxylation is 1. The number of hydrogen-bond donors (Lipinski definition) is 1. The van der Waals surface area contributed by atoms with Crippen molar-refractivity contribution < 1.29 is 13.2 Å². The second-order valence-electron chi connectivity index (χ2n) is 7.13. The Bertz CT molecular complexity index is 1300.